The van der Waals surface area contributed by atoms with Crippen LogP contribution < -0.4 is 15.2 Å². The molecule has 1 aliphatic heterocycles. The Morgan fingerprint density at radius 3 is 2.89 bits per heavy atom. The van der Waals surface area contributed by atoms with E-state index in [4.69, 9.17) is 19.7 Å². The van der Waals surface area contributed by atoms with Gasteiger partial charge in [0.15, 0.2) is 17.3 Å². The highest BCUT2D eigenvalue weighted by Gasteiger charge is 2.25. The molecule has 0 unspecified atom stereocenters. The van der Waals surface area contributed by atoms with E-state index in [1.165, 1.54) is 0 Å². The standard InChI is InChI=1S/C11H9BrFN3O3/c12-5-3-6-10(18-2-1-17-6)9(13)8(5)11-15-7(4-14)19-16-11/h3H,1-2,4,14H2. The largest absolute Gasteiger partial charge is 0.486 e. The average Bonchev–Trinajstić information content (AvgIpc) is 2.87. The Hall–Kier alpha value is -1.67. The molecule has 0 saturated carbocycles. The minimum Gasteiger partial charge on any atom is -0.486 e. The Morgan fingerprint density at radius 2 is 2.16 bits per heavy atom. The molecule has 0 aliphatic carbocycles. The van der Waals surface area contributed by atoms with Crippen molar-refractivity contribution in [2.45, 2.75) is 6.54 Å². The van der Waals surface area contributed by atoms with Crippen LogP contribution in [0.1, 0.15) is 5.89 Å². The second-order valence-corrected chi connectivity index (χ2v) is 4.64. The van der Waals surface area contributed by atoms with E-state index in [-0.39, 0.29) is 29.6 Å². The fourth-order valence-electron chi connectivity index (χ4n) is 1.76. The molecule has 0 saturated heterocycles. The highest BCUT2D eigenvalue weighted by atomic mass is 79.9. The van der Waals surface area contributed by atoms with Gasteiger partial charge in [-0.05, 0) is 22.0 Å². The summed E-state index contributed by atoms with van der Waals surface area (Å²) in [6, 6.07) is 1.62. The van der Waals surface area contributed by atoms with Crippen LogP contribution in [-0.2, 0) is 6.54 Å². The van der Waals surface area contributed by atoms with Crippen molar-refractivity contribution in [2.75, 3.05) is 13.2 Å². The van der Waals surface area contributed by atoms with Gasteiger partial charge in [-0.25, -0.2) is 4.39 Å². The van der Waals surface area contributed by atoms with Crippen LogP contribution >= 0.6 is 15.9 Å². The van der Waals surface area contributed by atoms with Gasteiger partial charge in [-0.15, -0.1) is 0 Å². The first-order chi connectivity index (χ1) is 9.20. The summed E-state index contributed by atoms with van der Waals surface area (Å²) in [5, 5.41) is 3.70. The number of fused-ring (bicyclic) bond motifs is 1. The van der Waals surface area contributed by atoms with E-state index in [0.29, 0.717) is 23.4 Å². The molecule has 0 atom stereocenters. The molecule has 0 fully saturated rings. The summed E-state index contributed by atoms with van der Waals surface area (Å²) >= 11 is 3.27. The van der Waals surface area contributed by atoms with Crippen LogP contribution in [0.4, 0.5) is 4.39 Å². The Morgan fingerprint density at radius 1 is 1.37 bits per heavy atom. The van der Waals surface area contributed by atoms with E-state index in [1.807, 2.05) is 0 Å². The van der Waals surface area contributed by atoms with Crippen molar-refractivity contribution in [3.8, 4) is 22.9 Å². The molecule has 19 heavy (non-hydrogen) atoms. The van der Waals surface area contributed by atoms with Crippen molar-refractivity contribution < 1.29 is 18.4 Å². The van der Waals surface area contributed by atoms with Gasteiger partial charge in [-0.2, -0.15) is 4.98 Å². The highest BCUT2D eigenvalue weighted by Crippen LogP contribution is 2.42. The third-order valence-corrected chi connectivity index (χ3v) is 3.22. The summed E-state index contributed by atoms with van der Waals surface area (Å²) in [6.45, 7) is 0.778. The smallest absolute Gasteiger partial charge is 0.240 e. The number of nitrogens with two attached hydrogens (primary N) is 1. The number of ether oxygens (including phenoxy) is 2. The summed E-state index contributed by atoms with van der Waals surface area (Å²) in [6.07, 6.45) is 0. The second-order valence-electron chi connectivity index (χ2n) is 3.79. The summed E-state index contributed by atoms with van der Waals surface area (Å²) < 4.78 is 30.4. The molecule has 1 aromatic carbocycles. The molecule has 2 aromatic rings. The van der Waals surface area contributed by atoms with Gasteiger partial charge in [0.1, 0.15) is 13.2 Å². The van der Waals surface area contributed by atoms with Crippen molar-refractivity contribution in [2.24, 2.45) is 5.73 Å². The fourth-order valence-corrected chi connectivity index (χ4v) is 2.32. The molecule has 2 heterocycles. The first-order valence-corrected chi connectivity index (χ1v) is 6.30. The lowest BCUT2D eigenvalue weighted by molar-refractivity contribution is 0.164. The molecular weight excluding hydrogens is 321 g/mol. The monoisotopic (exact) mass is 329 g/mol. The zero-order valence-electron chi connectivity index (χ0n) is 9.65. The number of aromatic nitrogens is 2. The molecule has 0 amide bonds. The average molecular weight is 330 g/mol. The molecular formula is C11H9BrFN3O3. The van der Waals surface area contributed by atoms with E-state index >= 15 is 0 Å². The third-order valence-electron chi connectivity index (χ3n) is 2.59. The molecule has 2 N–H and O–H groups in total. The highest BCUT2D eigenvalue weighted by molar-refractivity contribution is 9.10. The van der Waals surface area contributed by atoms with Gasteiger partial charge in [-0.3, -0.25) is 0 Å². The Bertz CT molecular complexity index is 632. The van der Waals surface area contributed by atoms with Gasteiger partial charge in [0.25, 0.3) is 0 Å². The number of hydrogen-bond donors (Lipinski definition) is 1. The van der Waals surface area contributed by atoms with E-state index < -0.39 is 5.82 Å². The summed E-state index contributed by atoms with van der Waals surface area (Å²) in [5.41, 5.74) is 5.54. The van der Waals surface area contributed by atoms with Crippen LogP contribution in [0.15, 0.2) is 15.1 Å². The van der Waals surface area contributed by atoms with Crippen molar-refractivity contribution in [3.05, 3.63) is 22.2 Å². The lowest BCUT2D eigenvalue weighted by Gasteiger charge is -2.20. The molecule has 0 bridgehead atoms. The number of rotatable bonds is 2. The third kappa shape index (κ3) is 2.06. The van der Waals surface area contributed by atoms with E-state index in [9.17, 15) is 4.39 Å². The van der Waals surface area contributed by atoms with Crippen molar-refractivity contribution in [1.29, 1.82) is 0 Å². The fraction of sp³-hybridized carbons (Fsp3) is 0.273. The van der Waals surface area contributed by atoms with Crippen LogP contribution in [0, 0.1) is 5.82 Å². The topological polar surface area (TPSA) is 83.4 Å². The quantitative estimate of drug-likeness (QED) is 0.905. The molecule has 6 nitrogen and oxygen atoms in total. The minimum atomic E-state index is -0.589. The Kier molecular flexibility index (Phi) is 3.11. The molecule has 8 heteroatoms. The molecule has 100 valence electrons. The predicted molar refractivity (Wildman–Crippen MR) is 66.3 cm³/mol. The van der Waals surface area contributed by atoms with E-state index in [1.54, 1.807) is 6.07 Å². The van der Waals surface area contributed by atoms with Crippen LogP contribution in [0.2, 0.25) is 0 Å². The molecule has 1 aromatic heterocycles. The van der Waals surface area contributed by atoms with E-state index in [0.717, 1.165) is 0 Å². The van der Waals surface area contributed by atoms with E-state index in [2.05, 4.69) is 26.1 Å². The number of nitrogens with zero attached hydrogens (tertiary/aromatic N) is 2. The summed E-state index contributed by atoms with van der Waals surface area (Å²) in [5.74, 6) is 0.164. The molecule has 3 rings (SSSR count). The van der Waals surface area contributed by atoms with Crippen LogP contribution in [0.25, 0.3) is 11.4 Å². The predicted octanol–water partition coefficient (Wildman–Crippen LogP) is 1.87. The SMILES string of the molecule is NCc1nc(-c2c(Br)cc3c(c2F)OCCO3)no1. The number of halogens is 2. The van der Waals surface area contributed by atoms with Gasteiger partial charge >= 0.3 is 0 Å². The zero-order chi connectivity index (χ0) is 13.4. The maximum Gasteiger partial charge on any atom is 0.240 e. The van der Waals surface area contributed by atoms with Crippen molar-refractivity contribution in [1.82, 2.24) is 10.1 Å². The summed E-state index contributed by atoms with van der Waals surface area (Å²) in [7, 11) is 0. The van der Waals surface area contributed by atoms with Gasteiger partial charge in [0.05, 0.1) is 12.1 Å². The molecule has 1 aliphatic rings. The number of hydrogen-bond acceptors (Lipinski definition) is 6. The first-order valence-electron chi connectivity index (χ1n) is 5.51. The van der Waals surface area contributed by atoms with Crippen LogP contribution in [0.5, 0.6) is 11.5 Å². The zero-order valence-corrected chi connectivity index (χ0v) is 11.2. The molecule has 0 spiro atoms. The minimum absolute atomic E-state index is 0.0588. The van der Waals surface area contributed by atoms with Crippen LogP contribution in [0.3, 0.4) is 0 Å². The van der Waals surface area contributed by atoms with Crippen molar-refractivity contribution >= 4 is 15.9 Å². The van der Waals surface area contributed by atoms with Gasteiger partial charge in [-0.1, -0.05) is 5.16 Å². The summed E-state index contributed by atoms with van der Waals surface area (Å²) in [4.78, 5) is 4.00. The molecule has 0 radical (unpaired) electrons. The van der Waals surface area contributed by atoms with Crippen LogP contribution in [-0.4, -0.2) is 23.4 Å². The Balaban J connectivity index is 2.15. The van der Waals surface area contributed by atoms with Crippen molar-refractivity contribution in [3.63, 3.8) is 0 Å². The maximum absolute atomic E-state index is 14.4. The Labute approximate surface area is 115 Å². The maximum atomic E-state index is 14.4. The second kappa shape index (κ2) is 4.78. The number of benzene rings is 1. The van der Waals surface area contributed by atoms with Gasteiger partial charge < -0.3 is 19.7 Å². The van der Waals surface area contributed by atoms with Gasteiger partial charge in [0.2, 0.25) is 11.7 Å². The lowest BCUT2D eigenvalue weighted by atomic mass is 10.1. The van der Waals surface area contributed by atoms with Gasteiger partial charge in [0, 0.05) is 4.47 Å². The lowest BCUT2D eigenvalue weighted by Crippen LogP contribution is -2.16. The normalized spacial score (nSPS) is 13.6. The first kappa shape index (κ1) is 12.4.